The lowest BCUT2D eigenvalue weighted by molar-refractivity contribution is 0.158. The van der Waals surface area contributed by atoms with Crippen molar-refractivity contribution in [2.75, 3.05) is 19.6 Å². The molecule has 0 spiro atoms. The SMILES string of the molecule is CCCCCCCCCCCCC(O)CNCCCCN. The summed E-state index contributed by atoms with van der Waals surface area (Å²) in [5.74, 6) is 0. The van der Waals surface area contributed by atoms with E-state index in [1.54, 1.807) is 0 Å². The lowest BCUT2D eigenvalue weighted by Crippen LogP contribution is -2.27. The molecule has 0 rings (SSSR count). The van der Waals surface area contributed by atoms with Crippen LogP contribution in [0.3, 0.4) is 0 Å². The van der Waals surface area contributed by atoms with Crippen LogP contribution in [-0.2, 0) is 0 Å². The first-order valence-corrected chi connectivity index (χ1v) is 9.40. The Morgan fingerprint density at radius 2 is 1.38 bits per heavy atom. The molecule has 0 aliphatic heterocycles. The molecule has 0 aromatic rings. The van der Waals surface area contributed by atoms with Gasteiger partial charge in [0, 0.05) is 6.54 Å². The summed E-state index contributed by atoms with van der Waals surface area (Å²) in [7, 11) is 0. The van der Waals surface area contributed by atoms with E-state index >= 15 is 0 Å². The highest BCUT2D eigenvalue weighted by molar-refractivity contribution is 4.60. The maximum absolute atomic E-state index is 9.84. The van der Waals surface area contributed by atoms with Crippen LogP contribution < -0.4 is 11.1 Å². The van der Waals surface area contributed by atoms with Gasteiger partial charge >= 0.3 is 0 Å². The standard InChI is InChI=1S/C18H40N2O/c1-2-3-4-5-6-7-8-9-10-11-14-18(21)17-20-16-13-12-15-19/h18,20-21H,2-17,19H2,1H3. The van der Waals surface area contributed by atoms with E-state index < -0.39 is 0 Å². The topological polar surface area (TPSA) is 58.3 Å². The van der Waals surface area contributed by atoms with Gasteiger partial charge in [0.1, 0.15) is 0 Å². The van der Waals surface area contributed by atoms with Crippen molar-refractivity contribution in [2.45, 2.75) is 96.5 Å². The van der Waals surface area contributed by atoms with Crippen LogP contribution in [0.15, 0.2) is 0 Å². The van der Waals surface area contributed by atoms with Crippen LogP contribution in [0.25, 0.3) is 0 Å². The van der Waals surface area contributed by atoms with E-state index in [4.69, 9.17) is 5.73 Å². The predicted octanol–water partition coefficient (Wildman–Crippen LogP) is 3.99. The van der Waals surface area contributed by atoms with Crippen molar-refractivity contribution in [3.63, 3.8) is 0 Å². The van der Waals surface area contributed by atoms with E-state index in [9.17, 15) is 5.11 Å². The number of rotatable bonds is 17. The van der Waals surface area contributed by atoms with Gasteiger partial charge in [-0.15, -0.1) is 0 Å². The zero-order valence-corrected chi connectivity index (χ0v) is 14.4. The summed E-state index contributed by atoms with van der Waals surface area (Å²) in [5, 5.41) is 13.1. The second kappa shape index (κ2) is 17.9. The van der Waals surface area contributed by atoms with Crippen molar-refractivity contribution in [2.24, 2.45) is 5.73 Å². The molecule has 0 radical (unpaired) electrons. The minimum absolute atomic E-state index is 0.170. The van der Waals surface area contributed by atoms with Gasteiger partial charge in [-0.3, -0.25) is 0 Å². The molecule has 0 saturated heterocycles. The van der Waals surface area contributed by atoms with Crippen molar-refractivity contribution < 1.29 is 5.11 Å². The minimum atomic E-state index is -0.170. The number of nitrogens with one attached hydrogen (secondary N) is 1. The van der Waals surface area contributed by atoms with Gasteiger partial charge in [0.05, 0.1) is 6.10 Å². The molecular weight excluding hydrogens is 260 g/mol. The Labute approximate surface area is 133 Å². The van der Waals surface area contributed by atoms with E-state index in [1.807, 2.05) is 0 Å². The molecular formula is C18H40N2O. The first-order valence-electron chi connectivity index (χ1n) is 9.40. The van der Waals surface area contributed by atoms with Crippen LogP contribution in [0.2, 0.25) is 0 Å². The van der Waals surface area contributed by atoms with Crippen molar-refractivity contribution >= 4 is 0 Å². The first-order chi connectivity index (χ1) is 10.3. The maximum atomic E-state index is 9.84. The average molecular weight is 301 g/mol. The van der Waals surface area contributed by atoms with Gasteiger partial charge in [-0.1, -0.05) is 71.1 Å². The van der Waals surface area contributed by atoms with E-state index in [0.29, 0.717) is 0 Å². The molecule has 3 heteroatoms. The van der Waals surface area contributed by atoms with Crippen molar-refractivity contribution in [3.8, 4) is 0 Å². The smallest absolute Gasteiger partial charge is 0.0664 e. The minimum Gasteiger partial charge on any atom is -0.392 e. The van der Waals surface area contributed by atoms with Gasteiger partial charge in [0.2, 0.25) is 0 Å². The van der Waals surface area contributed by atoms with Crippen LogP contribution in [0.4, 0.5) is 0 Å². The zero-order valence-electron chi connectivity index (χ0n) is 14.4. The Hall–Kier alpha value is -0.120. The third-order valence-electron chi connectivity index (χ3n) is 4.08. The van der Waals surface area contributed by atoms with Crippen LogP contribution in [0, 0.1) is 0 Å². The lowest BCUT2D eigenvalue weighted by atomic mass is 10.0. The van der Waals surface area contributed by atoms with Gasteiger partial charge in [0.25, 0.3) is 0 Å². The fraction of sp³-hybridized carbons (Fsp3) is 1.00. The molecule has 0 aliphatic rings. The summed E-state index contributed by atoms with van der Waals surface area (Å²) in [6, 6.07) is 0. The number of nitrogens with two attached hydrogens (primary N) is 1. The molecule has 4 N–H and O–H groups in total. The fourth-order valence-electron chi connectivity index (χ4n) is 2.63. The van der Waals surface area contributed by atoms with Crippen LogP contribution in [0.1, 0.15) is 90.4 Å². The molecule has 1 unspecified atom stereocenters. The van der Waals surface area contributed by atoms with Gasteiger partial charge < -0.3 is 16.2 Å². The Balaban J connectivity index is 3.09. The molecule has 128 valence electrons. The Bertz CT molecular complexity index is 188. The lowest BCUT2D eigenvalue weighted by Gasteiger charge is -2.11. The van der Waals surface area contributed by atoms with Crippen molar-refractivity contribution in [1.82, 2.24) is 5.32 Å². The van der Waals surface area contributed by atoms with Gasteiger partial charge in [-0.2, -0.15) is 0 Å². The first kappa shape index (κ1) is 20.9. The number of hydrogen-bond acceptors (Lipinski definition) is 3. The number of hydrogen-bond donors (Lipinski definition) is 3. The van der Waals surface area contributed by atoms with E-state index in [1.165, 1.54) is 64.2 Å². The molecule has 0 aromatic carbocycles. The van der Waals surface area contributed by atoms with Crippen molar-refractivity contribution in [3.05, 3.63) is 0 Å². The summed E-state index contributed by atoms with van der Waals surface area (Å²) in [4.78, 5) is 0. The molecule has 0 bridgehead atoms. The number of unbranched alkanes of at least 4 members (excludes halogenated alkanes) is 10. The molecule has 0 amide bonds. The third-order valence-corrected chi connectivity index (χ3v) is 4.08. The van der Waals surface area contributed by atoms with Crippen LogP contribution >= 0.6 is 0 Å². The Morgan fingerprint density at radius 3 is 1.95 bits per heavy atom. The summed E-state index contributed by atoms with van der Waals surface area (Å²) in [6.07, 6.45) is 16.5. The Kier molecular flexibility index (Phi) is 17.8. The normalized spacial score (nSPS) is 12.7. The summed E-state index contributed by atoms with van der Waals surface area (Å²) < 4.78 is 0. The molecule has 0 aromatic heterocycles. The second-order valence-electron chi connectivity index (χ2n) is 6.32. The summed E-state index contributed by atoms with van der Waals surface area (Å²) >= 11 is 0. The quantitative estimate of drug-likeness (QED) is 0.356. The largest absolute Gasteiger partial charge is 0.392 e. The van der Waals surface area contributed by atoms with Gasteiger partial charge in [0.15, 0.2) is 0 Å². The fourth-order valence-corrected chi connectivity index (χ4v) is 2.63. The molecule has 3 nitrogen and oxygen atoms in total. The van der Waals surface area contributed by atoms with E-state index in [-0.39, 0.29) is 6.10 Å². The molecule has 21 heavy (non-hydrogen) atoms. The van der Waals surface area contributed by atoms with Gasteiger partial charge in [-0.05, 0) is 32.4 Å². The summed E-state index contributed by atoms with van der Waals surface area (Å²) in [5.41, 5.74) is 5.44. The average Bonchev–Trinajstić information content (AvgIpc) is 2.49. The third kappa shape index (κ3) is 17.8. The number of aliphatic hydroxyl groups is 1. The van der Waals surface area contributed by atoms with Gasteiger partial charge in [-0.25, -0.2) is 0 Å². The molecule has 0 saturated carbocycles. The monoisotopic (exact) mass is 300 g/mol. The number of aliphatic hydroxyl groups excluding tert-OH is 1. The molecule has 1 atom stereocenters. The second-order valence-corrected chi connectivity index (χ2v) is 6.32. The highest BCUT2D eigenvalue weighted by Gasteiger charge is 2.02. The van der Waals surface area contributed by atoms with E-state index in [2.05, 4.69) is 12.2 Å². The predicted molar refractivity (Wildman–Crippen MR) is 93.6 cm³/mol. The van der Waals surface area contributed by atoms with E-state index in [0.717, 1.165) is 38.9 Å². The summed E-state index contributed by atoms with van der Waals surface area (Å²) in [6.45, 7) is 4.75. The van der Waals surface area contributed by atoms with Crippen molar-refractivity contribution in [1.29, 1.82) is 0 Å². The zero-order chi connectivity index (χ0) is 15.6. The van der Waals surface area contributed by atoms with Crippen LogP contribution in [0.5, 0.6) is 0 Å². The highest BCUT2D eigenvalue weighted by Crippen LogP contribution is 2.11. The molecule has 0 heterocycles. The molecule has 0 fully saturated rings. The van der Waals surface area contributed by atoms with Crippen LogP contribution in [-0.4, -0.2) is 30.8 Å². The Morgan fingerprint density at radius 1 is 0.810 bits per heavy atom. The molecule has 0 aliphatic carbocycles. The maximum Gasteiger partial charge on any atom is 0.0664 e. The highest BCUT2D eigenvalue weighted by atomic mass is 16.3.